The second kappa shape index (κ2) is 7.19. The van der Waals surface area contributed by atoms with Crippen LogP contribution in [0.25, 0.3) is 11.0 Å². The van der Waals surface area contributed by atoms with Gasteiger partial charge in [0.1, 0.15) is 12.1 Å². The zero-order valence-electron chi connectivity index (χ0n) is 14.4. The van der Waals surface area contributed by atoms with E-state index >= 15 is 0 Å². The van der Waals surface area contributed by atoms with Crippen LogP contribution < -0.4 is 5.32 Å². The molecule has 0 spiro atoms. The van der Waals surface area contributed by atoms with Crippen molar-refractivity contribution >= 4 is 16.9 Å². The fourth-order valence-electron chi connectivity index (χ4n) is 3.39. The summed E-state index contributed by atoms with van der Waals surface area (Å²) in [6, 6.07) is 9.07. The number of hydrogen-bond acceptors (Lipinski definition) is 5. The number of benzene rings is 1. The maximum absolute atomic E-state index is 6.09. The number of nitrogens with one attached hydrogen (secondary N) is 2. The largest absolute Gasteiger partial charge is 0.378 e. The van der Waals surface area contributed by atoms with Gasteiger partial charge >= 0.3 is 0 Å². The Morgan fingerprint density at radius 3 is 2.96 bits per heavy atom. The third-order valence-corrected chi connectivity index (χ3v) is 4.84. The van der Waals surface area contributed by atoms with Gasteiger partial charge in [-0.3, -0.25) is 5.10 Å². The predicted molar refractivity (Wildman–Crippen MR) is 97.6 cm³/mol. The van der Waals surface area contributed by atoms with Crippen molar-refractivity contribution in [1.82, 2.24) is 20.2 Å². The van der Waals surface area contributed by atoms with Gasteiger partial charge in [-0.15, -0.1) is 0 Å². The van der Waals surface area contributed by atoms with Crippen LogP contribution in [-0.2, 0) is 11.2 Å². The van der Waals surface area contributed by atoms with E-state index in [9.17, 15) is 0 Å². The minimum atomic E-state index is 0.324. The van der Waals surface area contributed by atoms with Crippen LogP contribution in [0.2, 0.25) is 0 Å². The number of rotatable bonds is 6. The lowest BCUT2D eigenvalue weighted by molar-refractivity contribution is 0.0601. The summed E-state index contributed by atoms with van der Waals surface area (Å²) >= 11 is 0. The Morgan fingerprint density at radius 1 is 1.20 bits per heavy atom. The highest BCUT2D eigenvalue weighted by molar-refractivity contribution is 5.85. The van der Waals surface area contributed by atoms with Crippen molar-refractivity contribution in [3.63, 3.8) is 0 Å². The lowest BCUT2D eigenvalue weighted by atomic mass is 10.1. The van der Waals surface area contributed by atoms with Gasteiger partial charge in [-0.1, -0.05) is 29.8 Å². The molecule has 25 heavy (non-hydrogen) atoms. The Morgan fingerprint density at radius 2 is 2.08 bits per heavy atom. The third-order valence-electron chi connectivity index (χ3n) is 4.84. The van der Waals surface area contributed by atoms with Crippen LogP contribution in [0.15, 0.2) is 36.8 Å². The van der Waals surface area contributed by atoms with Gasteiger partial charge in [0.15, 0.2) is 5.65 Å². The predicted octanol–water partition coefficient (Wildman–Crippen LogP) is 3.25. The fraction of sp³-hybridized carbons (Fsp3) is 0.421. The first-order valence-electron chi connectivity index (χ1n) is 8.86. The maximum Gasteiger partial charge on any atom is 0.160 e. The summed E-state index contributed by atoms with van der Waals surface area (Å²) < 4.78 is 6.09. The number of ether oxygens (including phenoxy) is 1. The van der Waals surface area contributed by atoms with E-state index in [0.717, 1.165) is 49.1 Å². The molecule has 6 nitrogen and oxygen atoms in total. The van der Waals surface area contributed by atoms with Crippen molar-refractivity contribution < 1.29 is 4.74 Å². The van der Waals surface area contributed by atoms with Gasteiger partial charge in [0, 0.05) is 6.04 Å². The van der Waals surface area contributed by atoms with E-state index in [1.54, 1.807) is 12.5 Å². The van der Waals surface area contributed by atoms with E-state index in [2.05, 4.69) is 56.7 Å². The number of anilines is 1. The zero-order valence-corrected chi connectivity index (χ0v) is 14.4. The topological polar surface area (TPSA) is 75.7 Å². The molecule has 1 aliphatic carbocycles. The standard InChI is InChI=1S/C19H23N5O/c1-13-2-4-14(5-3-13)8-9-25-16-7-6-15(10-16)23-18-17-11-22-24-19(17)21-12-20-18/h2-5,11-12,15-16H,6-10H2,1H3,(H2,20,21,22,23,24)/t15-,16-/m0/s1. The summed E-state index contributed by atoms with van der Waals surface area (Å²) in [5.41, 5.74) is 3.40. The molecule has 2 aromatic heterocycles. The van der Waals surface area contributed by atoms with Gasteiger partial charge in [-0.05, 0) is 38.2 Å². The Kier molecular flexibility index (Phi) is 4.61. The minimum absolute atomic E-state index is 0.324. The Labute approximate surface area is 147 Å². The van der Waals surface area contributed by atoms with Crippen LogP contribution in [0.5, 0.6) is 0 Å². The number of aromatic nitrogens is 4. The highest BCUT2D eigenvalue weighted by atomic mass is 16.5. The lowest BCUT2D eigenvalue weighted by Crippen LogP contribution is -2.19. The van der Waals surface area contributed by atoms with E-state index in [1.165, 1.54) is 11.1 Å². The van der Waals surface area contributed by atoms with Crippen molar-refractivity contribution in [1.29, 1.82) is 0 Å². The molecule has 1 fully saturated rings. The molecule has 4 rings (SSSR count). The van der Waals surface area contributed by atoms with Gasteiger partial charge in [0.05, 0.1) is 24.3 Å². The first-order chi connectivity index (χ1) is 12.3. The quantitative estimate of drug-likeness (QED) is 0.722. The molecule has 0 amide bonds. The average molecular weight is 337 g/mol. The van der Waals surface area contributed by atoms with Crippen LogP contribution in [0, 0.1) is 6.92 Å². The van der Waals surface area contributed by atoms with Crippen molar-refractivity contribution in [2.24, 2.45) is 0 Å². The van der Waals surface area contributed by atoms with Crippen LogP contribution in [-0.4, -0.2) is 38.9 Å². The Bertz CT molecular complexity index is 829. The summed E-state index contributed by atoms with van der Waals surface area (Å²) in [6.07, 6.45) is 7.82. The number of nitrogens with zero attached hydrogens (tertiary/aromatic N) is 3. The van der Waals surface area contributed by atoms with Gasteiger partial charge in [-0.2, -0.15) is 5.10 Å². The fourth-order valence-corrected chi connectivity index (χ4v) is 3.39. The maximum atomic E-state index is 6.09. The molecular formula is C19H23N5O. The molecule has 0 bridgehead atoms. The van der Waals surface area contributed by atoms with Crippen molar-refractivity contribution in [2.45, 2.75) is 44.8 Å². The third kappa shape index (κ3) is 3.79. The van der Waals surface area contributed by atoms with Crippen molar-refractivity contribution in [2.75, 3.05) is 11.9 Å². The van der Waals surface area contributed by atoms with E-state index in [0.29, 0.717) is 12.1 Å². The number of fused-ring (bicyclic) bond motifs is 1. The monoisotopic (exact) mass is 337 g/mol. The summed E-state index contributed by atoms with van der Waals surface area (Å²) in [4.78, 5) is 8.53. The second-order valence-corrected chi connectivity index (χ2v) is 6.74. The van der Waals surface area contributed by atoms with E-state index in [4.69, 9.17) is 4.74 Å². The normalized spacial score (nSPS) is 20.2. The molecule has 6 heteroatoms. The molecule has 1 aromatic carbocycles. The van der Waals surface area contributed by atoms with Gasteiger partial charge in [0.25, 0.3) is 0 Å². The molecule has 3 aromatic rings. The van der Waals surface area contributed by atoms with Gasteiger partial charge in [0.2, 0.25) is 0 Å². The molecule has 1 aliphatic rings. The molecule has 0 radical (unpaired) electrons. The highest BCUT2D eigenvalue weighted by Gasteiger charge is 2.26. The molecule has 2 atom stereocenters. The van der Waals surface area contributed by atoms with Crippen LogP contribution in [0.3, 0.4) is 0 Å². The van der Waals surface area contributed by atoms with E-state index in [1.807, 2.05) is 0 Å². The van der Waals surface area contributed by atoms with Gasteiger partial charge < -0.3 is 10.1 Å². The molecule has 0 aliphatic heterocycles. The van der Waals surface area contributed by atoms with Crippen LogP contribution in [0.4, 0.5) is 5.82 Å². The molecule has 2 heterocycles. The molecule has 1 saturated carbocycles. The minimum Gasteiger partial charge on any atom is -0.378 e. The van der Waals surface area contributed by atoms with Crippen molar-refractivity contribution in [3.05, 3.63) is 47.9 Å². The summed E-state index contributed by atoms with van der Waals surface area (Å²) in [6.45, 7) is 2.89. The molecular weight excluding hydrogens is 314 g/mol. The first-order valence-corrected chi connectivity index (χ1v) is 8.86. The number of H-pyrrole nitrogens is 1. The summed E-state index contributed by atoms with van der Waals surface area (Å²) in [5, 5.41) is 11.4. The molecule has 2 N–H and O–H groups in total. The van der Waals surface area contributed by atoms with E-state index < -0.39 is 0 Å². The number of aryl methyl sites for hydroxylation is 1. The van der Waals surface area contributed by atoms with E-state index in [-0.39, 0.29) is 0 Å². The second-order valence-electron chi connectivity index (χ2n) is 6.74. The molecule has 0 unspecified atom stereocenters. The lowest BCUT2D eigenvalue weighted by Gasteiger charge is -2.15. The zero-order chi connectivity index (χ0) is 17.1. The Hall–Kier alpha value is -2.47. The highest BCUT2D eigenvalue weighted by Crippen LogP contribution is 2.27. The summed E-state index contributed by atoms with van der Waals surface area (Å²) in [5.74, 6) is 0.851. The number of hydrogen-bond donors (Lipinski definition) is 2. The Balaban J connectivity index is 1.27. The number of aromatic amines is 1. The SMILES string of the molecule is Cc1ccc(CCO[C@H]2CC[C@H](Nc3ncnc4[nH]ncc34)C2)cc1. The van der Waals surface area contributed by atoms with Crippen LogP contribution >= 0.6 is 0 Å². The molecule has 130 valence electrons. The van der Waals surface area contributed by atoms with Crippen molar-refractivity contribution in [3.8, 4) is 0 Å². The average Bonchev–Trinajstić information content (AvgIpc) is 3.27. The van der Waals surface area contributed by atoms with Gasteiger partial charge in [-0.25, -0.2) is 9.97 Å². The van der Waals surface area contributed by atoms with Crippen LogP contribution in [0.1, 0.15) is 30.4 Å². The summed E-state index contributed by atoms with van der Waals surface area (Å²) in [7, 11) is 0. The molecule has 0 saturated heterocycles. The first kappa shape index (κ1) is 16.0. The smallest absolute Gasteiger partial charge is 0.160 e.